The van der Waals surface area contributed by atoms with Crippen molar-refractivity contribution in [1.82, 2.24) is 5.32 Å². The number of amides is 1. The second kappa shape index (κ2) is 7.03. The molecule has 0 aromatic carbocycles. The summed E-state index contributed by atoms with van der Waals surface area (Å²) in [5.41, 5.74) is -0.519. The Bertz CT molecular complexity index is 326. The normalized spacial score (nSPS) is 12.3. The maximum absolute atomic E-state index is 11.6. The van der Waals surface area contributed by atoms with Gasteiger partial charge in [-0.15, -0.1) is 0 Å². The van der Waals surface area contributed by atoms with E-state index in [9.17, 15) is 9.59 Å². The fourth-order valence-corrected chi connectivity index (χ4v) is 0.975. The number of carbonyl (C=O) groups excluding carboxylic acids is 2. The van der Waals surface area contributed by atoms with E-state index in [0.29, 0.717) is 6.61 Å². The quantitative estimate of drug-likeness (QED) is 0.621. The van der Waals surface area contributed by atoms with E-state index >= 15 is 0 Å². The van der Waals surface area contributed by atoms with Gasteiger partial charge in [-0.05, 0) is 33.6 Å². The summed E-state index contributed by atoms with van der Waals surface area (Å²) < 4.78 is 10.1. The molecule has 0 fully saturated rings. The van der Waals surface area contributed by atoms with E-state index in [4.69, 9.17) is 9.47 Å². The lowest BCUT2D eigenvalue weighted by Gasteiger charge is -2.20. The Morgan fingerprint density at radius 1 is 1.28 bits per heavy atom. The lowest BCUT2D eigenvalue weighted by molar-refractivity contribution is -0.140. The highest BCUT2D eigenvalue weighted by Gasteiger charge is 2.19. The number of allylic oxidation sites excluding steroid dienone is 1. The van der Waals surface area contributed by atoms with Gasteiger partial charge >= 0.3 is 12.1 Å². The van der Waals surface area contributed by atoms with Crippen LogP contribution in [-0.4, -0.2) is 24.3 Å². The average molecular weight is 257 g/mol. The molecular weight excluding hydrogens is 234 g/mol. The van der Waals surface area contributed by atoms with Crippen molar-refractivity contribution >= 4 is 12.1 Å². The first-order valence-corrected chi connectivity index (χ1v) is 5.99. The molecule has 0 aromatic rings. The Morgan fingerprint density at radius 2 is 1.83 bits per heavy atom. The third-order valence-corrected chi connectivity index (χ3v) is 1.69. The monoisotopic (exact) mass is 257 g/mol. The zero-order valence-electron chi connectivity index (χ0n) is 12.0. The van der Waals surface area contributed by atoms with E-state index in [1.807, 2.05) is 13.8 Å². The minimum absolute atomic E-state index is 0.0879. The van der Waals surface area contributed by atoms with Crippen LogP contribution >= 0.6 is 0 Å². The topological polar surface area (TPSA) is 64.6 Å². The molecule has 0 saturated carbocycles. The molecule has 5 nitrogen and oxygen atoms in total. The van der Waals surface area contributed by atoms with Gasteiger partial charge in [0.25, 0.3) is 0 Å². The van der Waals surface area contributed by atoms with Crippen LogP contribution < -0.4 is 5.32 Å². The molecule has 0 aromatic heterocycles. The molecule has 0 aliphatic rings. The smallest absolute Gasteiger partial charge is 0.412 e. The van der Waals surface area contributed by atoms with E-state index in [1.165, 1.54) is 6.08 Å². The summed E-state index contributed by atoms with van der Waals surface area (Å²) in [6.07, 6.45) is 0.809. The third-order valence-electron chi connectivity index (χ3n) is 1.69. The highest BCUT2D eigenvalue weighted by atomic mass is 16.6. The van der Waals surface area contributed by atoms with Crippen LogP contribution in [0, 0.1) is 5.92 Å². The summed E-state index contributed by atoms with van der Waals surface area (Å²) in [4.78, 5) is 23.1. The first-order valence-electron chi connectivity index (χ1n) is 5.99. The van der Waals surface area contributed by atoms with E-state index in [0.717, 1.165) is 0 Å². The van der Waals surface area contributed by atoms with Gasteiger partial charge in [0.05, 0.1) is 6.61 Å². The van der Waals surface area contributed by atoms with Crippen LogP contribution in [0.3, 0.4) is 0 Å². The van der Waals surface area contributed by atoms with Gasteiger partial charge in [0.2, 0.25) is 0 Å². The molecule has 0 atom stereocenters. The summed E-state index contributed by atoms with van der Waals surface area (Å²) in [5, 5.41) is 2.37. The van der Waals surface area contributed by atoms with Gasteiger partial charge in [-0.25, -0.2) is 9.59 Å². The summed E-state index contributed by atoms with van der Waals surface area (Å²) in [7, 11) is 0. The van der Waals surface area contributed by atoms with Crippen LogP contribution in [0.5, 0.6) is 0 Å². The summed E-state index contributed by atoms with van der Waals surface area (Å²) in [6.45, 7) is 11.1. The maximum Gasteiger partial charge on any atom is 0.412 e. The summed E-state index contributed by atoms with van der Waals surface area (Å²) >= 11 is 0. The lowest BCUT2D eigenvalue weighted by atomic mass is 10.2. The van der Waals surface area contributed by atoms with E-state index in [1.54, 1.807) is 27.7 Å². The number of esters is 1. The van der Waals surface area contributed by atoms with E-state index in [2.05, 4.69) is 5.32 Å². The van der Waals surface area contributed by atoms with Crippen molar-refractivity contribution in [2.75, 3.05) is 6.61 Å². The van der Waals surface area contributed by atoms with Gasteiger partial charge in [0.15, 0.2) is 0 Å². The first kappa shape index (κ1) is 16.5. The second-order valence-electron chi connectivity index (χ2n) is 5.32. The minimum atomic E-state index is -0.669. The van der Waals surface area contributed by atoms with Crippen molar-refractivity contribution in [3.05, 3.63) is 11.8 Å². The predicted molar refractivity (Wildman–Crippen MR) is 68.9 cm³/mol. The largest absolute Gasteiger partial charge is 0.461 e. The molecule has 104 valence electrons. The molecule has 0 radical (unpaired) electrons. The third kappa shape index (κ3) is 7.70. The Hall–Kier alpha value is -1.52. The first-order chi connectivity index (χ1) is 8.15. The van der Waals surface area contributed by atoms with E-state index in [-0.39, 0.29) is 11.6 Å². The van der Waals surface area contributed by atoms with Gasteiger partial charge in [0, 0.05) is 0 Å². The lowest BCUT2D eigenvalue weighted by Crippen LogP contribution is -2.34. The highest BCUT2D eigenvalue weighted by molar-refractivity contribution is 5.92. The van der Waals surface area contributed by atoms with Crippen molar-refractivity contribution in [2.45, 2.75) is 47.1 Å². The molecule has 18 heavy (non-hydrogen) atoms. The van der Waals surface area contributed by atoms with Gasteiger partial charge in [0.1, 0.15) is 11.3 Å². The standard InChI is InChI=1S/C13H23NO4/c1-7-10(11(15)17-8-9(2)3)14-12(16)18-13(4,5)6/h7,9H,8H2,1-6H3,(H,14,16)/b10-7-. The number of alkyl carbamates (subject to hydrolysis) is 1. The molecule has 0 saturated heterocycles. The van der Waals surface area contributed by atoms with Crippen molar-refractivity contribution in [3.8, 4) is 0 Å². The molecule has 0 unspecified atom stereocenters. The van der Waals surface area contributed by atoms with Crippen LogP contribution in [0.1, 0.15) is 41.5 Å². The Kier molecular flexibility index (Phi) is 6.44. The van der Waals surface area contributed by atoms with Gasteiger partial charge < -0.3 is 9.47 Å². The fraction of sp³-hybridized carbons (Fsp3) is 0.692. The maximum atomic E-state index is 11.6. The molecule has 0 rings (SSSR count). The highest BCUT2D eigenvalue weighted by Crippen LogP contribution is 2.07. The SMILES string of the molecule is C/C=C(\NC(=O)OC(C)(C)C)C(=O)OCC(C)C. The molecule has 5 heteroatoms. The van der Waals surface area contributed by atoms with Gasteiger partial charge in [-0.2, -0.15) is 0 Å². The van der Waals surface area contributed by atoms with Crippen molar-refractivity contribution < 1.29 is 19.1 Å². The van der Waals surface area contributed by atoms with Gasteiger partial charge in [-0.3, -0.25) is 5.32 Å². The zero-order valence-corrected chi connectivity index (χ0v) is 12.0. The van der Waals surface area contributed by atoms with Crippen LogP contribution in [0.25, 0.3) is 0 Å². The molecule has 0 aliphatic heterocycles. The molecule has 0 spiro atoms. The number of carbonyl (C=O) groups is 2. The molecule has 0 bridgehead atoms. The Balaban J connectivity index is 4.36. The van der Waals surface area contributed by atoms with Gasteiger partial charge in [-0.1, -0.05) is 19.9 Å². The molecule has 0 heterocycles. The summed E-state index contributed by atoms with van der Waals surface area (Å²) in [6, 6.07) is 0. The number of hydrogen-bond donors (Lipinski definition) is 1. The van der Waals surface area contributed by atoms with Crippen molar-refractivity contribution in [1.29, 1.82) is 0 Å². The second-order valence-corrected chi connectivity index (χ2v) is 5.32. The zero-order chi connectivity index (χ0) is 14.3. The number of nitrogens with one attached hydrogen (secondary N) is 1. The van der Waals surface area contributed by atoms with Crippen LogP contribution in [-0.2, 0) is 14.3 Å². The Labute approximate surface area is 109 Å². The molecule has 1 amide bonds. The van der Waals surface area contributed by atoms with Crippen LogP contribution in [0.15, 0.2) is 11.8 Å². The minimum Gasteiger partial charge on any atom is -0.461 e. The fourth-order valence-electron chi connectivity index (χ4n) is 0.975. The summed E-state index contributed by atoms with van der Waals surface area (Å²) in [5.74, 6) is -0.314. The van der Waals surface area contributed by atoms with Crippen LogP contribution in [0.4, 0.5) is 4.79 Å². The molecular formula is C13H23NO4. The van der Waals surface area contributed by atoms with Crippen molar-refractivity contribution in [2.24, 2.45) is 5.92 Å². The predicted octanol–water partition coefficient (Wildman–Crippen LogP) is 2.61. The molecule has 0 aliphatic carbocycles. The average Bonchev–Trinajstić information content (AvgIpc) is 2.19. The molecule has 1 N–H and O–H groups in total. The number of ether oxygens (including phenoxy) is 2. The Morgan fingerprint density at radius 3 is 2.22 bits per heavy atom. The van der Waals surface area contributed by atoms with Crippen molar-refractivity contribution in [3.63, 3.8) is 0 Å². The van der Waals surface area contributed by atoms with Crippen LogP contribution in [0.2, 0.25) is 0 Å². The number of rotatable bonds is 4. The number of hydrogen-bond acceptors (Lipinski definition) is 4. The van der Waals surface area contributed by atoms with E-state index < -0.39 is 17.7 Å².